The molecule has 1 fully saturated rings. The highest BCUT2D eigenvalue weighted by atomic mass is 16.5. The summed E-state index contributed by atoms with van der Waals surface area (Å²) >= 11 is 0. The second kappa shape index (κ2) is 7.75. The molecular formula is C17H28N4O2. The quantitative estimate of drug-likeness (QED) is 0.836. The maximum atomic E-state index is 12.5. The van der Waals surface area contributed by atoms with Crippen molar-refractivity contribution < 1.29 is 9.53 Å². The first-order chi connectivity index (χ1) is 10.9. The summed E-state index contributed by atoms with van der Waals surface area (Å²) in [5, 5.41) is 6.26. The Balaban J connectivity index is 1.99. The summed E-state index contributed by atoms with van der Waals surface area (Å²) in [6.07, 6.45) is 1.69. The van der Waals surface area contributed by atoms with Gasteiger partial charge in [-0.1, -0.05) is 0 Å². The van der Waals surface area contributed by atoms with Gasteiger partial charge >= 0.3 is 0 Å². The molecule has 1 saturated heterocycles. The minimum atomic E-state index is -0.104. The SMILES string of the molecule is CC(C)Nc1ncccc1C(=O)NCC(C)(C)N1CCOCC1. The summed E-state index contributed by atoms with van der Waals surface area (Å²) in [6, 6.07) is 3.81. The number of aromatic nitrogens is 1. The standard InChI is InChI=1S/C17H28N4O2/c1-13(2)20-15-14(6-5-7-18-15)16(22)19-12-17(3,4)21-8-10-23-11-9-21/h5-7,13H,8-12H2,1-4H3,(H,18,20)(H,19,22). The van der Waals surface area contributed by atoms with Gasteiger partial charge in [0.15, 0.2) is 0 Å². The fraction of sp³-hybridized carbons (Fsp3) is 0.647. The van der Waals surface area contributed by atoms with Crippen LogP contribution in [0.1, 0.15) is 38.1 Å². The van der Waals surface area contributed by atoms with E-state index in [1.807, 2.05) is 13.8 Å². The normalized spacial score (nSPS) is 16.4. The van der Waals surface area contributed by atoms with Gasteiger partial charge < -0.3 is 15.4 Å². The molecule has 0 bridgehead atoms. The smallest absolute Gasteiger partial charge is 0.255 e. The number of carbonyl (C=O) groups excluding carboxylic acids is 1. The van der Waals surface area contributed by atoms with Crippen LogP contribution in [-0.2, 0) is 4.74 Å². The maximum absolute atomic E-state index is 12.5. The number of morpholine rings is 1. The Labute approximate surface area is 138 Å². The molecule has 2 heterocycles. The van der Waals surface area contributed by atoms with E-state index in [9.17, 15) is 4.79 Å². The molecular weight excluding hydrogens is 292 g/mol. The molecule has 23 heavy (non-hydrogen) atoms. The van der Waals surface area contributed by atoms with E-state index >= 15 is 0 Å². The maximum Gasteiger partial charge on any atom is 0.255 e. The number of anilines is 1. The van der Waals surface area contributed by atoms with Gasteiger partial charge in [0.25, 0.3) is 5.91 Å². The molecule has 0 atom stereocenters. The summed E-state index contributed by atoms with van der Waals surface area (Å²) in [5.41, 5.74) is 0.479. The zero-order valence-electron chi connectivity index (χ0n) is 14.6. The van der Waals surface area contributed by atoms with Gasteiger partial charge in [-0.25, -0.2) is 4.98 Å². The molecule has 0 saturated carbocycles. The summed E-state index contributed by atoms with van der Waals surface area (Å²) in [5.74, 6) is 0.534. The van der Waals surface area contributed by atoms with Crippen molar-refractivity contribution >= 4 is 11.7 Å². The lowest BCUT2D eigenvalue weighted by Crippen LogP contribution is -2.55. The zero-order valence-corrected chi connectivity index (χ0v) is 14.6. The van der Waals surface area contributed by atoms with Gasteiger partial charge in [-0.3, -0.25) is 9.69 Å². The van der Waals surface area contributed by atoms with E-state index in [1.165, 1.54) is 0 Å². The Bertz CT molecular complexity index is 525. The van der Waals surface area contributed by atoms with E-state index < -0.39 is 0 Å². The molecule has 1 aromatic rings. The molecule has 2 rings (SSSR count). The fourth-order valence-electron chi connectivity index (χ4n) is 2.65. The van der Waals surface area contributed by atoms with Gasteiger partial charge in [0.05, 0.1) is 18.8 Å². The van der Waals surface area contributed by atoms with E-state index in [0.717, 1.165) is 26.3 Å². The van der Waals surface area contributed by atoms with Crippen molar-refractivity contribution in [2.75, 3.05) is 38.2 Å². The Hall–Kier alpha value is -1.66. The number of hydrogen-bond donors (Lipinski definition) is 2. The monoisotopic (exact) mass is 320 g/mol. The zero-order chi connectivity index (χ0) is 16.9. The first-order valence-electron chi connectivity index (χ1n) is 8.23. The third-order valence-corrected chi connectivity index (χ3v) is 4.03. The van der Waals surface area contributed by atoms with Gasteiger partial charge in [-0.2, -0.15) is 0 Å². The van der Waals surface area contributed by atoms with Gasteiger partial charge in [-0.05, 0) is 39.8 Å². The second-order valence-corrected chi connectivity index (χ2v) is 6.79. The van der Waals surface area contributed by atoms with Crippen molar-refractivity contribution in [1.29, 1.82) is 0 Å². The van der Waals surface area contributed by atoms with Crippen molar-refractivity contribution in [2.24, 2.45) is 0 Å². The van der Waals surface area contributed by atoms with Crippen LogP contribution in [0.4, 0.5) is 5.82 Å². The molecule has 0 aromatic carbocycles. The van der Waals surface area contributed by atoms with E-state index in [-0.39, 0.29) is 17.5 Å². The van der Waals surface area contributed by atoms with Crippen LogP contribution in [0.25, 0.3) is 0 Å². The Kier molecular flexibility index (Phi) is 5.96. The number of ether oxygens (including phenoxy) is 1. The lowest BCUT2D eigenvalue weighted by molar-refractivity contribution is -0.00923. The molecule has 6 nitrogen and oxygen atoms in total. The largest absolute Gasteiger partial charge is 0.379 e. The van der Waals surface area contributed by atoms with Crippen LogP contribution in [0, 0.1) is 0 Å². The predicted octanol–water partition coefficient (Wildman–Crippen LogP) is 1.74. The van der Waals surface area contributed by atoms with Crippen molar-refractivity contribution in [3.63, 3.8) is 0 Å². The van der Waals surface area contributed by atoms with Crippen molar-refractivity contribution in [2.45, 2.75) is 39.3 Å². The van der Waals surface area contributed by atoms with Gasteiger partial charge in [-0.15, -0.1) is 0 Å². The number of amides is 1. The number of carbonyl (C=O) groups is 1. The number of rotatable bonds is 6. The van der Waals surface area contributed by atoms with Crippen molar-refractivity contribution in [1.82, 2.24) is 15.2 Å². The first-order valence-corrected chi connectivity index (χ1v) is 8.23. The molecule has 128 valence electrons. The van der Waals surface area contributed by atoms with Crippen LogP contribution >= 0.6 is 0 Å². The summed E-state index contributed by atoms with van der Waals surface area (Å²) < 4.78 is 5.40. The molecule has 2 N–H and O–H groups in total. The van der Waals surface area contributed by atoms with Gasteiger partial charge in [0, 0.05) is 37.4 Å². The number of pyridine rings is 1. The Morgan fingerprint density at radius 2 is 2.09 bits per heavy atom. The third kappa shape index (κ3) is 4.91. The van der Waals surface area contributed by atoms with Crippen LogP contribution in [0.2, 0.25) is 0 Å². The van der Waals surface area contributed by atoms with E-state index in [1.54, 1.807) is 18.3 Å². The average molecular weight is 320 g/mol. The highest BCUT2D eigenvalue weighted by Gasteiger charge is 2.29. The van der Waals surface area contributed by atoms with Crippen LogP contribution in [-0.4, -0.2) is 60.2 Å². The topological polar surface area (TPSA) is 66.5 Å². The second-order valence-electron chi connectivity index (χ2n) is 6.79. The van der Waals surface area contributed by atoms with Crippen molar-refractivity contribution in [3.05, 3.63) is 23.9 Å². The highest BCUT2D eigenvalue weighted by Crippen LogP contribution is 2.17. The van der Waals surface area contributed by atoms with Crippen LogP contribution in [0.3, 0.4) is 0 Å². The fourth-order valence-corrected chi connectivity index (χ4v) is 2.65. The molecule has 6 heteroatoms. The Morgan fingerprint density at radius 3 is 2.74 bits per heavy atom. The molecule has 0 aliphatic carbocycles. The van der Waals surface area contributed by atoms with E-state index in [0.29, 0.717) is 17.9 Å². The predicted molar refractivity (Wildman–Crippen MR) is 91.8 cm³/mol. The Morgan fingerprint density at radius 1 is 1.39 bits per heavy atom. The molecule has 0 unspecified atom stereocenters. The van der Waals surface area contributed by atoms with Crippen molar-refractivity contribution in [3.8, 4) is 0 Å². The molecule has 0 radical (unpaired) electrons. The summed E-state index contributed by atoms with van der Waals surface area (Å²) in [4.78, 5) is 19.2. The van der Waals surface area contributed by atoms with Crippen LogP contribution in [0.15, 0.2) is 18.3 Å². The minimum Gasteiger partial charge on any atom is -0.379 e. The van der Waals surface area contributed by atoms with E-state index in [4.69, 9.17) is 4.74 Å². The average Bonchev–Trinajstić information content (AvgIpc) is 2.53. The molecule has 1 aromatic heterocycles. The number of nitrogens with one attached hydrogen (secondary N) is 2. The molecule has 1 amide bonds. The lowest BCUT2D eigenvalue weighted by Gasteiger charge is -2.40. The third-order valence-electron chi connectivity index (χ3n) is 4.03. The van der Waals surface area contributed by atoms with Gasteiger partial charge in [0.1, 0.15) is 5.82 Å². The molecule has 0 spiro atoms. The van der Waals surface area contributed by atoms with Gasteiger partial charge in [0.2, 0.25) is 0 Å². The summed E-state index contributed by atoms with van der Waals surface area (Å²) in [7, 11) is 0. The van der Waals surface area contributed by atoms with Crippen LogP contribution in [0.5, 0.6) is 0 Å². The minimum absolute atomic E-state index is 0.0948. The molecule has 1 aliphatic heterocycles. The highest BCUT2D eigenvalue weighted by molar-refractivity contribution is 5.98. The van der Waals surface area contributed by atoms with E-state index in [2.05, 4.69) is 34.4 Å². The van der Waals surface area contributed by atoms with Crippen LogP contribution < -0.4 is 10.6 Å². The first kappa shape index (κ1) is 17.7. The molecule has 1 aliphatic rings. The number of nitrogens with zero attached hydrogens (tertiary/aromatic N) is 2. The number of hydrogen-bond acceptors (Lipinski definition) is 5. The summed E-state index contributed by atoms with van der Waals surface area (Å²) in [6.45, 7) is 12.2. The lowest BCUT2D eigenvalue weighted by atomic mass is 10.0.